The van der Waals surface area contributed by atoms with E-state index in [0.29, 0.717) is 13.0 Å². The number of amides is 2. The van der Waals surface area contributed by atoms with Crippen molar-refractivity contribution < 1.29 is 9.59 Å². The van der Waals surface area contributed by atoms with E-state index in [1.165, 1.54) is 0 Å². The standard InChI is InChI=1S/C10H17N3O2/c1-2-7(8(11)14)13-6-10(9(13)15)4-3-5-12-10/h7,12H,2-6H2,1H3,(H2,11,14)/t7-,10?/m0/s1. The lowest BCUT2D eigenvalue weighted by molar-refractivity contribution is -0.159. The van der Waals surface area contributed by atoms with E-state index in [-0.39, 0.29) is 11.4 Å². The number of hydrogen-bond donors (Lipinski definition) is 2. The zero-order valence-electron chi connectivity index (χ0n) is 8.95. The lowest BCUT2D eigenvalue weighted by Crippen LogP contribution is -2.74. The first-order valence-corrected chi connectivity index (χ1v) is 5.46. The third-order valence-electron chi connectivity index (χ3n) is 3.45. The number of nitrogens with zero attached hydrogens (tertiary/aromatic N) is 1. The van der Waals surface area contributed by atoms with Crippen molar-refractivity contribution in [2.24, 2.45) is 5.73 Å². The zero-order chi connectivity index (χ0) is 11.1. The summed E-state index contributed by atoms with van der Waals surface area (Å²) in [5.74, 6) is -0.357. The molecular weight excluding hydrogens is 194 g/mol. The summed E-state index contributed by atoms with van der Waals surface area (Å²) < 4.78 is 0. The Morgan fingerprint density at radius 1 is 1.73 bits per heavy atom. The highest BCUT2D eigenvalue weighted by Gasteiger charge is 2.55. The van der Waals surface area contributed by atoms with Crippen LogP contribution in [0.3, 0.4) is 0 Å². The summed E-state index contributed by atoms with van der Waals surface area (Å²) >= 11 is 0. The molecule has 5 nitrogen and oxygen atoms in total. The number of likely N-dealkylation sites (tertiary alicyclic amines) is 1. The van der Waals surface area contributed by atoms with Crippen molar-refractivity contribution in [2.45, 2.75) is 37.8 Å². The molecule has 2 atom stereocenters. The van der Waals surface area contributed by atoms with Crippen molar-refractivity contribution in [2.75, 3.05) is 13.1 Å². The molecular formula is C10H17N3O2. The van der Waals surface area contributed by atoms with Crippen molar-refractivity contribution in [1.29, 1.82) is 0 Å². The van der Waals surface area contributed by atoms with Crippen LogP contribution in [-0.2, 0) is 9.59 Å². The molecule has 0 bridgehead atoms. The second kappa shape index (κ2) is 3.48. The summed E-state index contributed by atoms with van der Waals surface area (Å²) in [6, 6.07) is -0.425. The summed E-state index contributed by atoms with van der Waals surface area (Å²) in [4.78, 5) is 24.7. The fourth-order valence-corrected chi connectivity index (χ4v) is 2.56. The third-order valence-corrected chi connectivity index (χ3v) is 3.45. The number of primary amides is 1. The predicted molar refractivity (Wildman–Crippen MR) is 55.0 cm³/mol. The number of nitrogens with one attached hydrogen (secondary N) is 1. The smallest absolute Gasteiger partial charge is 0.245 e. The highest BCUT2D eigenvalue weighted by Crippen LogP contribution is 2.33. The van der Waals surface area contributed by atoms with Crippen LogP contribution in [0.4, 0.5) is 0 Å². The number of nitrogens with two attached hydrogens (primary N) is 1. The maximum atomic E-state index is 11.9. The van der Waals surface area contributed by atoms with Crippen molar-refractivity contribution in [3.05, 3.63) is 0 Å². The molecule has 2 aliphatic heterocycles. The van der Waals surface area contributed by atoms with Gasteiger partial charge in [0.2, 0.25) is 11.8 Å². The molecule has 2 amide bonds. The highest BCUT2D eigenvalue weighted by molar-refractivity contribution is 5.97. The Kier molecular flexibility index (Phi) is 2.42. The highest BCUT2D eigenvalue weighted by atomic mass is 16.2. The third kappa shape index (κ3) is 1.42. The first-order chi connectivity index (χ1) is 7.10. The molecule has 0 aromatic rings. The van der Waals surface area contributed by atoms with E-state index < -0.39 is 11.9 Å². The Balaban J connectivity index is 2.04. The maximum Gasteiger partial charge on any atom is 0.245 e. The molecule has 0 saturated carbocycles. The molecule has 3 N–H and O–H groups in total. The van der Waals surface area contributed by atoms with Crippen LogP contribution in [0.2, 0.25) is 0 Å². The van der Waals surface area contributed by atoms with Crippen molar-refractivity contribution in [3.8, 4) is 0 Å². The second-order valence-corrected chi connectivity index (χ2v) is 4.37. The summed E-state index contributed by atoms with van der Waals surface area (Å²) in [7, 11) is 0. The van der Waals surface area contributed by atoms with E-state index in [4.69, 9.17) is 5.73 Å². The maximum absolute atomic E-state index is 11.9. The van der Waals surface area contributed by atoms with Gasteiger partial charge in [-0.05, 0) is 25.8 Å². The van der Waals surface area contributed by atoms with Gasteiger partial charge >= 0.3 is 0 Å². The lowest BCUT2D eigenvalue weighted by Gasteiger charge is -2.49. The quantitative estimate of drug-likeness (QED) is 0.601. The van der Waals surface area contributed by atoms with E-state index >= 15 is 0 Å². The topological polar surface area (TPSA) is 75.4 Å². The Morgan fingerprint density at radius 3 is 2.87 bits per heavy atom. The number of carbonyl (C=O) groups excluding carboxylic acids is 2. The van der Waals surface area contributed by atoms with Crippen LogP contribution in [0.15, 0.2) is 0 Å². The van der Waals surface area contributed by atoms with Gasteiger partial charge in [0, 0.05) is 6.54 Å². The van der Waals surface area contributed by atoms with Crippen molar-refractivity contribution >= 4 is 11.8 Å². The molecule has 15 heavy (non-hydrogen) atoms. The van der Waals surface area contributed by atoms with Gasteiger partial charge in [-0.1, -0.05) is 6.92 Å². The Morgan fingerprint density at radius 2 is 2.47 bits per heavy atom. The minimum Gasteiger partial charge on any atom is -0.368 e. The molecule has 84 valence electrons. The molecule has 1 unspecified atom stereocenters. The first-order valence-electron chi connectivity index (χ1n) is 5.46. The van der Waals surface area contributed by atoms with Crippen LogP contribution in [0, 0.1) is 0 Å². The molecule has 2 fully saturated rings. The van der Waals surface area contributed by atoms with Crippen LogP contribution < -0.4 is 11.1 Å². The molecule has 5 heteroatoms. The zero-order valence-corrected chi connectivity index (χ0v) is 8.95. The summed E-state index contributed by atoms with van der Waals surface area (Å²) in [5.41, 5.74) is 4.90. The Bertz CT molecular complexity index is 297. The Hall–Kier alpha value is -1.10. The molecule has 0 aliphatic carbocycles. The van der Waals surface area contributed by atoms with Crippen LogP contribution in [-0.4, -0.2) is 41.4 Å². The predicted octanol–water partition coefficient (Wildman–Crippen LogP) is -0.785. The van der Waals surface area contributed by atoms with Crippen LogP contribution in [0.25, 0.3) is 0 Å². The van der Waals surface area contributed by atoms with Gasteiger partial charge in [0.05, 0.1) is 0 Å². The van der Waals surface area contributed by atoms with Crippen molar-refractivity contribution in [3.63, 3.8) is 0 Å². The van der Waals surface area contributed by atoms with Gasteiger partial charge in [0.25, 0.3) is 0 Å². The fourth-order valence-electron chi connectivity index (χ4n) is 2.56. The number of hydrogen-bond acceptors (Lipinski definition) is 3. The number of β-lactam (4-membered cyclic amide) rings is 1. The number of rotatable bonds is 3. The van der Waals surface area contributed by atoms with E-state index in [9.17, 15) is 9.59 Å². The van der Waals surface area contributed by atoms with Gasteiger partial charge < -0.3 is 16.0 Å². The molecule has 0 aromatic heterocycles. The minimum absolute atomic E-state index is 0.0469. The monoisotopic (exact) mass is 211 g/mol. The molecule has 0 radical (unpaired) electrons. The average molecular weight is 211 g/mol. The van der Waals surface area contributed by atoms with E-state index in [0.717, 1.165) is 19.4 Å². The largest absolute Gasteiger partial charge is 0.368 e. The normalized spacial score (nSPS) is 31.8. The second-order valence-electron chi connectivity index (χ2n) is 4.37. The van der Waals surface area contributed by atoms with Gasteiger partial charge in [0.15, 0.2) is 0 Å². The van der Waals surface area contributed by atoms with Crippen LogP contribution >= 0.6 is 0 Å². The SMILES string of the molecule is CC[C@@H](C(N)=O)N1CC2(CCCN2)C1=O. The van der Waals surface area contributed by atoms with Gasteiger partial charge in [0.1, 0.15) is 11.6 Å². The summed E-state index contributed by atoms with van der Waals surface area (Å²) in [6.07, 6.45) is 2.52. The Labute approximate surface area is 89.0 Å². The van der Waals surface area contributed by atoms with Crippen molar-refractivity contribution in [1.82, 2.24) is 10.2 Å². The first kappa shape index (κ1) is 10.4. The molecule has 2 saturated heterocycles. The van der Waals surface area contributed by atoms with Gasteiger partial charge in [-0.3, -0.25) is 9.59 Å². The minimum atomic E-state index is -0.425. The summed E-state index contributed by atoms with van der Waals surface area (Å²) in [6.45, 7) is 3.40. The van der Waals surface area contributed by atoms with Gasteiger partial charge in [-0.15, -0.1) is 0 Å². The summed E-state index contributed by atoms with van der Waals surface area (Å²) in [5, 5.41) is 3.22. The molecule has 2 rings (SSSR count). The van der Waals surface area contributed by atoms with E-state index in [2.05, 4.69) is 5.32 Å². The number of carbonyl (C=O) groups is 2. The van der Waals surface area contributed by atoms with Crippen LogP contribution in [0.1, 0.15) is 26.2 Å². The molecule has 2 heterocycles. The van der Waals surface area contributed by atoms with E-state index in [1.807, 2.05) is 6.92 Å². The fraction of sp³-hybridized carbons (Fsp3) is 0.800. The van der Waals surface area contributed by atoms with Gasteiger partial charge in [-0.25, -0.2) is 0 Å². The van der Waals surface area contributed by atoms with E-state index in [1.54, 1.807) is 4.90 Å². The molecule has 2 aliphatic rings. The molecule has 0 aromatic carbocycles. The molecule has 1 spiro atoms. The lowest BCUT2D eigenvalue weighted by atomic mass is 9.85. The van der Waals surface area contributed by atoms with Gasteiger partial charge in [-0.2, -0.15) is 0 Å². The average Bonchev–Trinajstić information content (AvgIpc) is 2.68. The van der Waals surface area contributed by atoms with Crippen LogP contribution in [0.5, 0.6) is 0 Å².